The van der Waals surface area contributed by atoms with Gasteiger partial charge in [-0.1, -0.05) is 38.0 Å². The first-order valence-corrected chi connectivity index (χ1v) is 13.6. The summed E-state index contributed by atoms with van der Waals surface area (Å²) < 4.78 is 102. The van der Waals surface area contributed by atoms with E-state index in [4.69, 9.17) is 4.74 Å². The molecule has 8 heteroatoms. The summed E-state index contributed by atoms with van der Waals surface area (Å²) in [5.41, 5.74) is -1.02. The highest BCUT2D eigenvalue weighted by Gasteiger charge is 2.48. The van der Waals surface area contributed by atoms with Crippen LogP contribution in [0.5, 0.6) is 5.75 Å². The van der Waals surface area contributed by atoms with Crippen molar-refractivity contribution in [1.29, 1.82) is 0 Å². The maximum Gasteiger partial charge on any atom is 0.458 e. The number of halogens is 7. The maximum atomic E-state index is 15.3. The van der Waals surface area contributed by atoms with Crippen LogP contribution < -0.4 is 4.74 Å². The summed E-state index contributed by atoms with van der Waals surface area (Å²) in [6.07, 6.45) is 2.94. The Morgan fingerprint density at radius 1 is 0.737 bits per heavy atom. The molecule has 0 spiro atoms. The molecule has 206 valence electrons. The molecule has 0 aromatic heterocycles. The minimum absolute atomic E-state index is 0.101. The van der Waals surface area contributed by atoms with Gasteiger partial charge in [0.2, 0.25) is 0 Å². The van der Waals surface area contributed by atoms with Gasteiger partial charge in [0.25, 0.3) is 0 Å². The molecule has 2 aromatic rings. The third-order valence-electron chi connectivity index (χ3n) is 9.03. The predicted molar refractivity (Wildman–Crippen MR) is 131 cm³/mol. The molecular weight excluding hydrogens is 509 g/mol. The van der Waals surface area contributed by atoms with Crippen LogP contribution in [0.2, 0.25) is 0 Å². The highest BCUT2D eigenvalue weighted by Crippen LogP contribution is 2.51. The van der Waals surface area contributed by atoms with Crippen molar-refractivity contribution in [3.8, 4) is 17.6 Å². The van der Waals surface area contributed by atoms with Gasteiger partial charge in [0.05, 0.1) is 11.5 Å². The van der Waals surface area contributed by atoms with E-state index in [0.29, 0.717) is 18.8 Å². The molecule has 0 bridgehead atoms. The number of alkyl halides is 5. The molecule has 2 aromatic carbocycles. The van der Waals surface area contributed by atoms with Gasteiger partial charge in [0, 0.05) is 11.3 Å². The normalized spacial score (nSPS) is 26.9. The Balaban J connectivity index is 1.26. The van der Waals surface area contributed by atoms with Crippen molar-refractivity contribution in [3.05, 3.63) is 41.5 Å². The summed E-state index contributed by atoms with van der Waals surface area (Å²) in [4.78, 5) is 0. The molecular formula is C30H31F7O. The van der Waals surface area contributed by atoms with Crippen molar-refractivity contribution in [1.82, 2.24) is 0 Å². The second-order valence-electron chi connectivity index (χ2n) is 11.3. The minimum atomic E-state index is -4.91. The van der Waals surface area contributed by atoms with Crippen molar-refractivity contribution in [2.75, 3.05) is 0 Å². The van der Waals surface area contributed by atoms with Gasteiger partial charge in [0.15, 0.2) is 0 Å². The highest BCUT2D eigenvalue weighted by molar-refractivity contribution is 5.86. The summed E-state index contributed by atoms with van der Waals surface area (Å²) >= 11 is 0. The fraction of sp³-hybridized carbons (Fsp3) is 0.600. The molecule has 3 saturated carbocycles. The zero-order valence-corrected chi connectivity index (χ0v) is 21.0. The lowest BCUT2D eigenvalue weighted by Gasteiger charge is -2.45. The second kappa shape index (κ2) is 10.6. The van der Waals surface area contributed by atoms with Crippen molar-refractivity contribution in [2.24, 2.45) is 29.6 Å². The zero-order chi connectivity index (χ0) is 27.1. The molecule has 1 nitrogen and oxygen atoms in total. The van der Waals surface area contributed by atoms with E-state index in [9.17, 15) is 22.0 Å². The van der Waals surface area contributed by atoms with Crippen LogP contribution in [0.15, 0.2) is 24.3 Å². The van der Waals surface area contributed by atoms with Gasteiger partial charge in [-0.3, -0.25) is 0 Å². The molecule has 0 heterocycles. The first-order chi connectivity index (χ1) is 18.0. The van der Waals surface area contributed by atoms with Gasteiger partial charge in [0.1, 0.15) is 17.4 Å². The molecule has 4 unspecified atom stereocenters. The summed E-state index contributed by atoms with van der Waals surface area (Å²) in [5, 5.41) is -0.334. The average molecular weight is 541 g/mol. The Hall–Kier alpha value is -2.43. The van der Waals surface area contributed by atoms with Gasteiger partial charge in [-0.05, 0) is 91.8 Å². The smallest absolute Gasteiger partial charge is 0.432 e. The van der Waals surface area contributed by atoms with E-state index in [2.05, 4.69) is 0 Å². The summed E-state index contributed by atoms with van der Waals surface area (Å²) in [7, 11) is 0. The molecule has 3 aliphatic carbocycles. The summed E-state index contributed by atoms with van der Waals surface area (Å²) in [6, 6.07) is 4.08. The molecule has 0 amide bonds. The van der Waals surface area contributed by atoms with E-state index < -0.39 is 35.4 Å². The average Bonchev–Trinajstić information content (AvgIpc) is 2.87. The Morgan fingerprint density at radius 2 is 1.39 bits per heavy atom. The number of hydrogen-bond donors (Lipinski definition) is 0. The first-order valence-electron chi connectivity index (χ1n) is 13.6. The fourth-order valence-electron chi connectivity index (χ4n) is 7.12. The van der Waals surface area contributed by atoms with E-state index >= 15 is 8.78 Å². The first kappa shape index (κ1) is 27.1. The van der Waals surface area contributed by atoms with Crippen LogP contribution in [0.25, 0.3) is 10.8 Å². The van der Waals surface area contributed by atoms with E-state index in [1.165, 1.54) is 38.0 Å². The van der Waals surface area contributed by atoms with Crippen LogP contribution in [0, 0.1) is 53.1 Å². The lowest BCUT2D eigenvalue weighted by Crippen LogP contribution is -2.42. The fourth-order valence-corrected chi connectivity index (χ4v) is 7.12. The molecule has 38 heavy (non-hydrogen) atoms. The lowest BCUT2D eigenvalue weighted by atomic mass is 9.61. The quantitative estimate of drug-likeness (QED) is 0.277. The van der Waals surface area contributed by atoms with Crippen LogP contribution in [-0.2, 0) is 0 Å². The van der Waals surface area contributed by atoms with Crippen molar-refractivity contribution in [3.63, 3.8) is 0 Å². The number of rotatable bonds is 4. The number of fused-ring (bicyclic) bond motifs is 2. The van der Waals surface area contributed by atoms with Crippen LogP contribution >= 0.6 is 0 Å². The number of benzene rings is 2. The second-order valence-corrected chi connectivity index (χ2v) is 11.3. The van der Waals surface area contributed by atoms with Gasteiger partial charge in [-0.15, -0.1) is 0 Å². The molecule has 3 aliphatic rings. The maximum absolute atomic E-state index is 15.3. The third-order valence-corrected chi connectivity index (χ3v) is 9.03. The predicted octanol–water partition coefficient (Wildman–Crippen LogP) is 9.42. The molecule has 0 saturated heterocycles. The van der Waals surface area contributed by atoms with Crippen molar-refractivity contribution in [2.45, 2.75) is 82.9 Å². The van der Waals surface area contributed by atoms with E-state index in [0.717, 1.165) is 67.7 Å². The molecule has 0 radical (unpaired) electrons. The molecule has 3 fully saturated rings. The largest absolute Gasteiger partial charge is 0.458 e. The topological polar surface area (TPSA) is 9.23 Å². The van der Waals surface area contributed by atoms with Crippen molar-refractivity contribution >= 4 is 10.8 Å². The van der Waals surface area contributed by atoms with Gasteiger partial charge in [-0.25, -0.2) is 8.78 Å². The SMILES string of the molecule is Fc1cc2cc(OC(F)(F)C3CCC4CC(C5CCCCC5)CCC4C3)ccc2c(F)c1C#CC(F)(F)F. The van der Waals surface area contributed by atoms with E-state index in [1.807, 2.05) is 0 Å². The number of hydrogen-bond acceptors (Lipinski definition) is 1. The third kappa shape index (κ3) is 5.92. The van der Waals surface area contributed by atoms with Gasteiger partial charge >= 0.3 is 12.3 Å². The summed E-state index contributed by atoms with van der Waals surface area (Å²) in [6.45, 7) is 0. The molecule has 0 N–H and O–H groups in total. The Morgan fingerprint density at radius 3 is 2.11 bits per heavy atom. The lowest BCUT2D eigenvalue weighted by molar-refractivity contribution is -0.229. The molecule has 0 aliphatic heterocycles. The standard InChI is InChI=1S/C30H31F7O/c31-27-17-22-16-24(10-11-25(22)28(32)26(27)12-13-29(33,34)35)38-30(36,37)23-9-8-20-14-19(6-7-21(20)15-23)18-4-2-1-3-5-18/h10-11,16-21,23H,1-9,14-15H2. The molecule has 4 atom stereocenters. The van der Waals surface area contributed by atoms with Crippen LogP contribution in [0.1, 0.15) is 76.2 Å². The monoisotopic (exact) mass is 540 g/mol. The summed E-state index contributed by atoms with van der Waals surface area (Å²) in [5.74, 6) is 0.812. The Kier molecular flexibility index (Phi) is 7.59. The van der Waals surface area contributed by atoms with Gasteiger partial charge in [-0.2, -0.15) is 22.0 Å². The zero-order valence-electron chi connectivity index (χ0n) is 21.0. The van der Waals surface area contributed by atoms with E-state index in [1.54, 1.807) is 0 Å². The van der Waals surface area contributed by atoms with Crippen molar-refractivity contribution < 1.29 is 35.5 Å². The Bertz CT molecular complexity index is 1220. The van der Waals surface area contributed by atoms with Crippen LogP contribution in [0.4, 0.5) is 30.7 Å². The minimum Gasteiger partial charge on any atom is -0.432 e. The highest BCUT2D eigenvalue weighted by atomic mass is 19.4. The number of ether oxygens (including phenoxy) is 1. The molecule has 5 rings (SSSR count). The Labute approximate surface area is 218 Å². The van der Waals surface area contributed by atoms with E-state index in [-0.39, 0.29) is 22.4 Å². The van der Waals surface area contributed by atoms with Crippen LogP contribution in [-0.4, -0.2) is 12.3 Å². The van der Waals surface area contributed by atoms with Crippen LogP contribution in [0.3, 0.4) is 0 Å². The van der Waals surface area contributed by atoms with Gasteiger partial charge < -0.3 is 4.74 Å².